The molecule has 0 saturated heterocycles. The lowest BCUT2D eigenvalue weighted by Gasteiger charge is -2.07. The summed E-state index contributed by atoms with van der Waals surface area (Å²) in [6, 6.07) is 5.64. The van der Waals surface area contributed by atoms with E-state index < -0.39 is 0 Å². The maximum absolute atomic E-state index is 11.9. The zero-order valence-electron chi connectivity index (χ0n) is 10.2. The van der Waals surface area contributed by atoms with Crippen LogP contribution in [-0.2, 0) is 6.42 Å². The van der Waals surface area contributed by atoms with E-state index in [1.54, 1.807) is 6.92 Å². The first-order chi connectivity index (χ1) is 9.02. The van der Waals surface area contributed by atoms with Gasteiger partial charge in [0.2, 0.25) is 0 Å². The Bertz CT molecular complexity index is 668. The van der Waals surface area contributed by atoms with E-state index in [-0.39, 0.29) is 12.2 Å². The van der Waals surface area contributed by atoms with Gasteiger partial charge in [0.1, 0.15) is 5.82 Å². The summed E-state index contributed by atoms with van der Waals surface area (Å²) in [5.41, 5.74) is 1.80. The molecule has 2 aromatic rings. The van der Waals surface area contributed by atoms with E-state index >= 15 is 0 Å². The molecule has 4 nitrogen and oxygen atoms in total. The van der Waals surface area contributed by atoms with Gasteiger partial charge in [-0.2, -0.15) is 0 Å². The number of rotatable bonds is 3. The number of benzene rings is 1. The summed E-state index contributed by atoms with van der Waals surface area (Å²) < 4.78 is 1.83. The molecule has 1 heterocycles. The van der Waals surface area contributed by atoms with Gasteiger partial charge in [0.15, 0.2) is 0 Å². The van der Waals surface area contributed by atoms with Crippen molar-refractivity contribution in [2.24, 2.45) is 0 Å². The molecular weight excluding hydrogens is 376 g/mol. The first-order valence-corrected chi connectivity index (χ1v) is 7.27. The molecule has 0 aliphatic rings. The maximum Gasteiger partial charge on any atom is 0.254 e. The van der Waals surface area contributed by atoms with Gasteiger partial charge in [-0.15, -0.1) is 0 Å². The highest BCUT2D eigenvalue weighted by molar-refractivity contribution is 9.13. The molecule has 2 N–H and O–H groups in total. The largest absolute Gasteiger partial charge is 0.396 e. The standard InChI is InChI=1S/C13H12Br2N2O2/c1-7-9(4-5-18)13(19)17-12(16-7)8-2-3-10(14)11(15)6-8/h2-3,6,18H,4-5H2,1H3,(H,16,17,19). The summed E-state index contributed by atoms with van der Waals surface area (Å²) >= 11 is 6.82. The minimum atomic E-state index is -0.199. The second-order valence-electron chi connectivity index (χ2n) is 4.08. The van der Waals surface area contributed by atoms with Gasteiger partial charge < -0.3 is 10.1 Å². The first-order valence-electron chi connectivity index (χ1n) is 5.69. The number of hydrogen-bond donors (Lipinski definition) is 2. The highest BCUT2D eigenvalue weighted by Crippen LogP contribution is 2.27. The highest BCUT2D eigenvalue weighted by Gasteiger charge is 2.10. The van der Waals surface area contributed by atoms with Crippen molar-refractivity contribution in [1.82, 2.24) is 9.97 Å². The average molecular weight is 388 g/mol. The van der Waals surface area contributed by atoms with Crippen LogP contribution in [0.15, 0.2) is 31.9 Å². The molecule has 0 aliphatic heterocycles. The van der Waals surface area contributed by atoms with Crippen molar-refractivity contribution in [3.63, 3.8) is 0 Å². The van der Waals surface area contributed by atoms with E-state index in [1.807, 2.05) is 18.2 Å². The van der Waals surface area contributed by atoms with Crippen molar-refractivity contribution < 1.29 is 5.11 Å². The zero-order chi connectivity index (χ0) is 14.0. The summed E-state index contributed by atoms with van der Waals surface area (Å²) in [4.78, 5) is 19.1. The Balaban J connectivity index is 2.52. The summed E-state index contributed by atoms with van der Waals surface area (Å²) in [7, 11) is 0. The summed E-state index contributed by atoms with van der Waals surface area (Å²) in [6.45, 7) is 1.71. The maximum atomic E-state index is 11.9. The molecule has 1 aromatic carbocycles. The number of aromatic amines is 1. The molecule has 1 aromatic heterocycles. The van der Waals surface area contributed by atoms with Crippen LogP contribution >= 0.6 is 31.9 Å². The third kappa shape index (κ3) is 3.13. The molecule has 100 valence electrons. The van der Waals surface area contributed by atoms with E-state index in [2.05, 4.69) is 41.8 Å². The van der Waals surface area contributed by atoms with E-state index in [1.165, 1.54) is 0 Å². The molecular formula is C13H12Br2N2O2. The predicted molar refractivity (Wildman–Crippen MR) is 81.2 cm³/mol. The van der Waals surface area contributed by atoms with Crippen LogP contribution in [-0.4, -0.2) is 21.7 Å². The van der Waals surface area contributed by atoms with Crippen LogP contribution < -0.4 is 5.56 Å². The molecule has 0 aliphatic carbocycles. The quantitative estimate of drug-likeness (QED) is 0.850. The molecule has 0 amide bonds. The number of H-pyrrole nitrogens is 1. The molecule has 0 radical (unpaired) electrons. The van der Waals surface area contributed by atoms with E-state index in [0.29, 0.717) is 23.5 Å². The number of hydrogen-bond acceptors (Lipinski definition) is 3. The molecule has 0 atom stereocenters. The van der Waals surface area contributed by atoms with Gasteiger partial charge in [-0.25, -0.2) is 4.98 Å². The fraction of sp³-hybridized carbons (Fsp3) is 0.231. The van der Waals surface area contributed by atoms with Crippen LogP contribution in [0.4, 0.5) is 0 Å². The second-order valence-corrected chi connectivity index (χ2v) is 5.79. The van der Waals surface area contributed by atoms with Crippen LogP contribution in [0.2, 0.25) is 0 Å². The summed E-state index contributed by atoms with van der Waals surface area (Å²) in [6.07, 6.45) is 0.318. The summed E-state index contributed by atoms with van der Waals surface area (Å²) in [5.74, 6) is 0.525. The molecule has 0 unspecified atom stereocenters. The van der Waals surface area contributed by atoms with E-state index in [4.69, 9.17) is 5.11 Å². The van der Waals surface area contributed by atoms with Gasteiger partial charge in [0.05, 0.1) is 0 Å². The lowest BCUT2D eigenvalue weighted by Crippen LogP contribution is -2.18. The molecule has 19 heavy (non-hydrogen) atoms. The normalized spacial score (nSPS) is 10.7. The van der Waals surface area contributed by atoms with Crippen LogP contribution in [0, 0.1) is 6.92 Å². The lowest BCUT2D eigenvalue weighted by atomic mass is 10.1. The van der Waals surface area contributed by atoms with Gasteiger partial charge in [0, 0.05) is 38.8 Å². The van der Waals surface area contributed by atoms with Crippen molar-refractivity contribution in [2.45, 2.75) is 13.3 Å². The van der Waals surface area contributed by atoms with Gasteiger partial charge in [-0.05, 0) is 50.9 Å². The Labute approximate surface area is 127 Å². The third-order valence-corrected chi connectivity index (χ3v) is 4.66. The minimum absolute atomic E-state index is 0.0607. The number of nitrogens with zero attached hydrogens (tertiary/aromatic N) is 1. The number of nitrogens with one attached hydrogen (secondary N) is 1. The SMILES string of the molecule is Cc1nc(-c2ccc(Br)c(Br)c2)[nH]c(=O)c1CCO. The third-order valence-electron chi connectivity index (χ3n) is 2.78. The Hall–Kier alpha value is -0.980. The number of aromatic nitrogens is 2. The fourth-order valence-corrected chi connectivity index (χ4v) is 2.42. The van der Waals surface area contributed by atoms with Gasteiger partial charge in [-0.3, -0.25) is 4.79 Å². The van der Waals surface area contributed by atoms with Crippen LogP contribution in [0.3, 0.4) is 0 Å². The van der Waals surface area contributed by atoms with Crippen LogP contribution in [0.1, 0.15) is 11.3 Å². The van der Waals surface area contributed by atoms with Crippen molar-refractivity contribution in [3.8, 4) is 11.4 Å². The number of aliphatic hydroxyl groups is 1. The molecule has 0 bridgehead atoms. The number of halogens is 2. The molecule has 0 spiro atoms. The van der Waals surface area contributed by atoms with Crippen molar-refractivity contribution in [2.75, 3.05) is 6.61 Å². The van der Waals surface area contributed by atoms with Gasteiger partial charge in [0.25, 0.3) is 5.56 Å². The van der Waals surface area contributed by atoms with Gasteiger partial charge >= 0.3 is 0 Å². The van der Waals surface area contributed by atoms with Crippen molar-refractivity contribution in [3.05, 3.63) is 48.8 Å². The zero-order valence-corrected chi connectivity index (χ0v) is 13.4. The minimum Gasteiger partial charge on any atom is -0.396 e. The molecule has 0 saturated carbocycles. The Kier molecular flexibility index (Phi) is 4.54. The average Bonchev–Trinajstić information content (AvgIpc) is 2.37. The number of aliphatic hydroxyl groups excluding tert-OH is 1. The number of aryl methyl sites for hydroxylation is 1. The smallest absolute Gasteiger partial charge is 0.254 e. The molecule has 6 heteroatoms. The molecule has 0 fully saturated rings. The van der Waals surface area contributed by atoms with E-state index in [9.17, 15) is 4.79 Å². The lowest BCUT2D eigenvalue weighted by molar-refractivity contribution is 0.298. The Morgan fingerprint density at radius 3 is 2.63 bits per heavy atom. The topological polar surface area (TPSA) is 66.0 Å². The van der Waals surface area contributed by atoms with Gasteiger partial charge in [-0.1, -0.05) is 6.07 Å². The highest BCUT2D eigenvalue weighted by atomic mass is 79.9. The second kappa shape index (κ2) is 5.98. The first kappa shape index (κ1) is 14.4. The van der Waals surface area contributed by atoms with Crippen LogP contribution in [0.5, 0.6) is 0 Å². The summed E-state index contributed by atoms with van der Waals surface area (Å²) in [5, 5.41) is 8.93. The van der Waals surface area contributed by atoms with Crippen LogP contribution in [0.25, 0.3) is 11.4 Å². The monoisotopic (exact) mass is 386 g/mol. The van der Waals surface area contributed by atoms with E-state index in [0.717, 1.165) is 14.5 Å². The fourth-order valence-electron chi connectivity index (χ4n) is 1.80. The Morgan fingerprint density at radius 2 is 2.05 bits per heavy atom. The Morgan fingerprint density at radius 1 is 1.32 bits per heavy atom. The predicted octanol–water partition coefficient (Wildman–Crippen LogP) is 2.81. The van der Waals surface area contributed by atoms with Crippen molar-refractivity contribution in [1.29, 1.82) is 0 Å². The van der Waals surface area contributed by atoms with Crippen molar-refractivity contribution >= 4 is 31.9 Å². The molecule has 2 rings (SSSR count).